The minimum atomic E-state index is -3.73. The van der Waals surface area contributed by atoms with Crippen molar-refractivity contribution in [3.05, 3.63) is 42.0 Å². The summed E-state index contributed by atoms with van der Waals surface area (Å²) >= 11 is 0. The number of fused-ring (bicyclic) bond motifs is 1. The normalized spacial score (nSPS) is 11.9. The molecule has 0 aliphatic heterocycles. The SMILES string of the molecule is CC(C)OS(=O)(=O)c1cccc2c(C(C)C)cccc12.[NaH]. The van der Waals surface area contributed by atoms with Gasteiger partial charge < -0.3 is 0 Å². The van der Waals surface area contributed by atoms with Crippen LogP contribution in [0.3, 0.4) is 0 Å². The summed E-state index contributed by atoms with van der Waals surface area (Å²) in [5, 5.41) is 1.69. The van der Waals surface area contributed by atoms with Crippen molar-refractivity contribution in [3.63, 3.8) is 0 Å². The fourth-order valence-corrected chi connectivity index (χ4v) is 3.64. The van der Waals surface area contributed by atoms with Crippen LogP contribution in [-0.4, -0.2) is 44.1 Å². The predicted molar refractivity (Wildman–Crippen MR) is 88.6 cm³/mol. The van der Waals surface area contributed by atoms with Crippen molar-refractivity contribution in [2.24, 2.45) is 0 Å². The van der Waals surface area contributed by atoms with E-state index in [0.29, 0.717) is 5.92 Å². The van der Waals surface area contributed by atoms with Gasteiger partial charge in [0.15, 0.2) is 0 Å². The van der Waals surface area contributed by atoms with Crippen LogP contribution in [0.2, 0.25) is 0 Å². The predicted octanol–water partition coefficient (Wildman–Crippen LogP) is 3.43. The summed E-state index contributed by atoms with van der Waals surface area (Å²) in [7, 11) is -3.73. The Morgan fingerprint density at radius 3 is 2.05 bits per heavy atom. The van der Waals surface area contributed by atoms with Gasteiger partial charge in [0.2, 0.25) is 0 Å². The molecule has 0 N–H and O–H groups in total. The van der Waals surface area contributed by atoms with Crippen LogP contribution in [0.15, 0.2) is 41.3 Å². The topological polar surface area (TPSA) is 43.4 Å². The van der Waals surface area contributed by atoms with E-state index in [2.05, 4.69) is 13.8 Å². The zero-order chi connectivity index (χ0) is 14.9. The molecule has 0 bridgehead atoms. The van der Waals surface area contributed by atoms with Crippen molar-refractivity contribution in [2.75, 3.05) is 0 Å². The van der Waals surface area contributed by atoms with Gasteiger partial charge in [-0.25, -0.2) is 0 Å². The summed E-state index contributed by atoms with van der Waals surface area (Å²) in [6, 6.07) is 11.1. The first-order valence-electron chi connectivity index (χ1n) is 6.78. The van der Waals surface area contributed by atoms with E-state index < -0.39 is 10.1 Å². The quantitative estimate of drug-likeness (QED) is 0.641. The Labute approximate surface area is 149 Å². The average Bonchev–Trinajstić information content (AvgIpc) is 2.35. The van der Waals surface area contributed by atoms with E-state index in [-0.39, 0.29) is 40.6 Å². The van der Waals surface area contributed by atoms with Gasteiger partial charge in [0.25, 0.3) is 10.1 Å². The summed E-state index contributed by atoms with van der Waals surface area (Å²) in [6.45, 7) is 7.62. The molecule has 0 amide bonds. The van der Waals surface area contributed by atoms with E-state index in [1.54, 1.807) is 26.0 Å². The molecule has 21 heavy (non-hydrogen) atoms. The monoisotopic (exact) mass is 316 g/mol. The van der Waals surface area contributed by atoms with E-state index in [1.807, 2.05) is 24.3 Å². The molecule has 2 aromatic carbocycles. The summed E-state index contributed by atoms with van der Waals surface area (Å²) in [5.74, 6) is 0.336. The van der Waals surface area contributed by atoms with Crippen LogP contribution < -0.4 is 0 Å². The molecular formula is C16H21NaO3S. The first-order valence-corrected chi connectivity index (χ1v) is 8.18. The second-order valence-corrected chi connectivity index (χ2v) is 6.99. The van der Waals surface area contributed by atoms with Gasteiger partial charge in [0.05, 0.1) is 6.10 Å². The zero-order valence-corrected chi connectivity index (χ0v) is 13.1. The van der Waals surface area contributed by atoms with Crippen LogP contribution in [0.5, 0.6) is 0 Å². The van der Waals surface area contributed by atoms with Crippen molar-refractivity contribution in [3.8, 4) is 0 Å². The van der Waals surface area contributed by atoms with Gasteiger partial charge in [0.1, 0.15) is 4.90 Å². The van der Waals surface area contributed by atoms with Crippen LogP contribution in [0.25, 0.3) is 10.8 Å². The third-order valence-corrected chi connectivity index (χ3v) is 4.66. The summed E-state index contributed by atoms with van der Waals surface area (Å²) in [5.41, 5.74) is 1.14. The second kappa shape index (κ2) is 7.25. The molecule has 0 atom stereocenters. The van der Waals surface area contributed by atoms with Crippen molar-refractivity contribution < 1.29 is 12.6 Å². The molecule has 0 fully saturated rings. The fraction of sp³-hybridized carbons (Fsp3) is 0.375. The molecule has 0 aliphatic rings. The Kier molecular flexibility index (Phi) is 6.44. The molecule has 2 aromatic rings. The van der Waals surface area contributed by atoms with Gasteiger partial charge >= 0.3 is 29.6 Å². The first-order chi connectivity index (χ1) is 9.33. The Hall–Kier alpha value is -0.390. The molecule has 2 rings (SSSR count). The second-order valence-electron chi connectivity index (χ2n) is 5.45. The number of hydrogen-bond donors (Lipinski definition) is 0. The van der Waals surface area contributed by atoms with E-state index in [0.717, 1.165) is 16.3 Å². The third kappa shape index (κ3) is 4.08. The Morgan fingerprint density at radius 1 is 0.905 bits per heavy atom. The van der Waals surface area contributed by atoms with Crippen molar-refractivity contribution >= 4 is 50.4 Å². The molecule has 0 heterocycles. The molecule has 0 saturated carbocycles. The van der Waals surface area contributed by atoms with Gasteiger partial charge in [0, 0.05) is 5.39 Å². The van der Waals surface area contributed by atoms with Gasteiger partial charge in [-0.2, -0.15) is 8.42 Å². The average molecular weight is 316 g/mol. The maximum absolute atomic E-state index is 12.3. The molecular weight excluding hydrogens is 295 g/mol. The molecule has 0 radical (unpaired) electrons. The minimum absolute atomic E-state index is 0. The molecule has 0 aromatic heterocycles. The van der Waals surface area contributed by atoms with Gasteiger partial charge in [-0.1, -0.05) is 44.2 Å². The molecule has 5 heteroatoms. The summed E-state index contributed by atoms with van der Waals surface area (Å²) in [6.07, 6.45) is -0.372. The van der Waals surface area contributed by atoms with Crippen molar-refractivity contribution in [1.82, 2.24) is 0 Å². The van der Waals surface area contributed by atoms with Crippen LogP contribution in [0.4, 0.5) is 0 Å². The molecule has 0 saturated heterocycles. The van der Waals surface area contributed by atoms with Crippen LogP contribution in [0.1, 0.15) is 39.2 Å². The standard InChI is InChI=1S/C16H20O3S.Na.H/c1-11(2)13-7-5-9-15-14(13)8-6-10-16(15)20(17,18)19-12(3)4;;/h5-12H,1-4H3;;. The maximum atomic E-state index is 12.3. The van der Waals surface area contributed by atoms with Gasteiger partial charge in [-0.15, -0.1) is 0 Å². The first kappa shape index (κ1) is 18.7. The van der Waals surface area contributed by atoms with E-state index >= 15 is 0 Å². The van der Waals surface area contributed by atoms with Crippen molar-refractivity contribution in [1.29, 1.82) is 0 Å². The molecule has 3 nitrogen and oxygen atoms in total. The molecule has 0 unspecified atom stereocenters. The molecule has 110 valence electrons. The Balaban J connectivity index is 0.00000220. The van der Waals surface area contributed by atoms with Gasteiger partial charge in [-0.3, -0.25) is 4.18 Å². The fourth-order valence-electron chi connectivity index (χ4n) is 2.33. The third-order valence-electron chi connectivity index (χ3n) is 3.13. The Bertz CT molecular complexity index is 721. The number of benzene rings is 2. The van der Waals surface area contributed by atoms with Crippen LogP contribution in [0, 0.1) is 0 Å². The zero-order valence-electron chi connectivity index (χ0n) is 12.3. The number of hydrogen-bond acceptors (Lipinski definition) is 3. The van der Waals surface area contributed by atoms with E-state index in [1.165, 1.54) is 0 Å². The molecule has 0 spiro atoms. The Morgan fingerprint density at radius 2 is 1.48 bits per heavy atom. The summed E-state index contributed by atoms with van der Waals surface area (Å²) in [4.78, 5) is 0.242. The van der Waals surface area contributed by atoms with Crippen LogP contribution >= 0.6 is 0 Å². The van der Waals surface area contributed by atoms with E-state index in [4.69, 9.17) is 4.18 Å². The van der Waals surface area contributed by atoms with E-state index in [9.17, 15) is 8.42 Å². The molecule has 0 aliphatic carbocycles. The van der Waals surface area contributed by atoms with Crippen molar-refractivity contribution in [2.45, 2.75) is 44.6 Å². The van der Waals surface area contributed by atoms with Gasteiger partial charge in [-0.05, 0) is 36.8 Å². The number of rotatable bonds is 4. The van der Waals surface area contributed by atoms with Crippen LogP contribution in [-0.2, 0) is 14.3 Å². The summed E-state index contributed by atoms with van der Waals surface area (Å²) < 4.78 is 29.7.